The molecule has 0 heterocycles. The van der Waals surface area contributed by atoms with E-state index >= 15 is 0 Å². The number of carbonyl (C=O) groups is 2. The standard InChI is InChI=1S/C19H25NO.C2H2O4/c1-15(2)18-10-9-16(3)13-19(18)21-12-11-20-14-17-7-5-4-6-8-17;3-1(4)2(5)6/h4-10,13,15,20H,11-12,14H2,1-3H3;(H,3,4)(H,5,6). The Hall–Kier alpha value is -2.86. The van der Waals surface area contributed by atoms with Crippen LogP contribution in [0.1, 0.15) is 36.5 Å². The highest BCUT2D eigenvalue weighted by molar-refractivity contribution is 6.27. The average molecular weight is 373 g/mol. The van der Waals surface area contributed by atoms with Gasteiger partial charge in [0.2, 0.25) is 0 Å². The Bertz CT molecular complexity index is 717. The molecular formula is C21H27NO5. The molecule has 6 heteroatoms. The molecule has 0 aromatic heterocycles. The lowest BCUT2D eigenvalue weighted by Crippen LogP contribution is -2.20. The van der Waals surface area contributed by atoms with Gasteiger partial charge < -0.3 is 20.3 Å². The number of carboxylic acids is 2. The molecule has 0 aliphatic carbocycles. The molecule has 2 aromatic rings. The van der Waals surface area contributed by atoms with Gasteiger partial charge in [0.25, 0.3) is 0 Å². The Balaban J connectivity index is 0.000000527. The maximum atomic E-state index is 9.10. The Morgan fingerprint density at radius 3 is 2.22 bits per heavy atom. The molecule has 0 aliphatic heterocycles. The van der Waals surface area contributed by atoms with E-state index in [9.17, 15) is 0 Å². The van der Waals surface area contributed by atoms with Crippen molar-refractivity contribution in [2.45, 2.75) is 33.2 Å². The third-order valence-electron chi connectivity index (χ3n) is 3.68. The van der Waals surface area contributed by atoms with Gasteiger partial charge in [-0.3, -0.25) is 0 Å². The molecule has 27 heavy (non-hydrogen) atoms. The summed E-state index contributed by atoms with van der Waals surface area (Å²) in [5, 5.41) is 18.2. The van der Waals surface area contributed by atoms with E-state index in [0.29, 0.717) is 12.5 Å². The number of benzene rings is 2. The van der Waals surface area contributed by atoms with E-state index in [1.807, 2.05) is 6.07 Å². The largest absolute Gasteiger partial charge is 0.492 e. The van der Waals surface area contributed by atoms with Crippen LogP contribution in [0, 0.1) is 6.92 Å². The number of ether oxygens (including phenoxy) is 1. The Morgan fingerprint density at radius 2 is 1.67 bits per heavy atom. The minimum Gasteiger partial charge on any atom is -0.492 e. The zero-order valence-corrected chi connectivity index (χ0v) is 15.9. The summed E-state index contributed by atoms with van der Waals surface area (Å²) < 4.78 is 5.95. The fourth-order valence-electron chi connectivity index (χ4n) is 2.31. The summed E-state index contributed by atoms with van der Waals surface area (Å²) in [5.41, 5.74) is 3.83. The Labute approximate surface area is 159 Å². The van der Waals surface area contributed by atoms with Crippen molar-refractivity contribution in [2.24, 2.45) is 0 Å². The number of aliphatic carboxylic acids is 2. The van der Waals surface area contributed by atoms with Crippen molar-refractivity contribution in [3.63, 3.8) is 0 Å². The van der Waals surface area contributed by atoms with Crippen LogP contribution in [-0.4, -0.2) is 35.3 Å². The number of aryl methyl sites for hydroxylation is 1. The van der Waals surface area contributed by atoms with Crippen LogP contribution in [0.5, 0.6) is 5.75 Å². The predicted octanol–water partition coefficient (Wildman–Crippen LogP) is 3.44. The molecule has 6 nitrogen and oxygen atoms in total. The van der Waals surface area contributed by atoms with Crippen molar-refractivity contribution in [1.29, 1.82) is 0 Å². The van der Waals surface area contributed by atoms with Gasteiger partial charge in [-0.05, 0) is 35.6 Å². The summed E-state index contributed by atoms with van der Waals surface area (Å²) in [5.74, 6) is -2.14. The lowest BCUT2D eigenvalue weighted by molar-refractivity contribution is -0.159. The van der Waals surface area contributed by atoms with Crippen LogP contribution in [0.3, 0.4) is 0 Å². The van der Waals surface area contributed by atoms with Crippen molar-refractivity contribution in [3.05, 3.63) is 65.2 Å². The highest BCUT2D eigenvalue weighted by Crippen LogP contribution is 2.27. The summed E-state index contributed by atoms with van der Waals surface area (Å²) in [7, 11) is 0. The van der Waals surface area contributed by atoms with Crippen molar-refractivity contribution in [3.8, 4) is 5.75 Å². The normalized spacial score (nSPS) is 10.1. The third kappa shape index (κ3) is 8.87. The van der Waals surface area contributed by atoms with Crippen LogP contribution in [0.4, 0.5) is 0 Å². The van der Waals surface area contributed by atoms with Gasteiger partial charge >= 0.3 is 11.9 Å². The van der Waals surface area contributed by atoms with E-state index in [0.717, 1.165) is 18.8 Å². The Morgan fingerprint density at radius 1 is 1.04 bits per heavy atom. The summed E-state index contributed by atoms with van der Waals surface area (Å²) >= 11 is 0. The monoisotopic (exact) mass is 373 g/mol. The maximum absolute atomic E-state index is 9.10. The second-order valence-electron chi connectivity index (χ2n) is 6.32. The maximum Gasteiger partial charge on any atom is 0.414 e. The smallest absolute Gasteiger partial charge is 0.414 e. The zero-order chi connectivity index (χ0) is 20.2. The van der Waals surface area contributed by atoms with Gasteiger partial charge in [0.05, 0.1) is 0 Å². The third-order valence-corrected chi connectivity index (χ3v) is 3.68. The first kappa shape index (κ1) is 22.2. The molecule has 0 radical (unpaired) electrons. The first-order chi connectivity index (χ1) is 12.8. The van der Waals surface area contributed by atoms with Crippen LogP contribution < -0.4 is 10.1 Å². The highest BCUT2D eigenvalue weighted by atomic mass is 16.5. The number of hydrogen-bond donors (Lipinski definition) is 3. The number of hydrogen-bond acceptors (Lipinski definition) is 4. The quantitative estimate of drug-likeness (QED) is 0.508. The van der Waals surface area contributed by atoms with E-state index in [1.54, 1.807) is 0 Å². The first-order valence-electron chi connectivity index (χ1n) is 8.75. The van der Waals surface area contributed by atoms with Gasteiger partial charge in [-0.2, -0.15) is 0 Å². The van der Waals surface area contributed by atoms with Gasteiger partial charge in [0, 0.05) is 13.1 Å². The van der Waals surface area contributed by atoms with Gasteiger partial charge in [0.15, 0.2) is 0 Å². The second-order valence-corrected chi connectivity index (χ2v) is 6.32. The number of carboxylic acid groups (broad SMARTS) is 2. The van der Waals surface area contributed by atoms with E-state index in [-0.39, 0.29) is 0 Å². The summed E-state index contributed by atoms with van der Waals surface area (Å²) in [6.07, 6.45) is 0. The minimum absolute atomic E-state index is 0.484. The summed E-state index contributed by atoms with van der Waals surface area (Å²) in [4.78, 5) is 18.2. The van der Waals surface area contributed by atoms with Gasteiger partial charge in [-0.25, -0.2) is 9.59 Å². The number of nitrogens with one attached hydrogen (secondary N) is 1. The average Bonchev–Trinajstić information content (AvgIpc) is 2.62. The second kappa shape index (κ2) is 11.7. The van der Waals surface area contributed by atoms with Crippen LogP contribution in [-0.2, 0) is 16.1 Å². The van der Waals surface area contributed by atoms with Gasteiger partial charge in [-0.1, -0.05) is 56.3 Å². The molecule has 0 bridgehead atoms. The molecular weight excluding hydrogens is 346 g/mol. The molecule has 146 valence electrons. The highest BCUT2D eigenvalue weighted by Gasteiger charge is 2.07. The van der Waals surface area contributed by atoms with E-state index in [2.05, 4.69) is 68.6 Å². The molecule has 0 saturated carbocycles. The molecule has 2 rings (SSSR count). The van der Waals surface area contributed by atoms with E-state index in [4.69, 9.17) is 24.5 Å². The lowest BCUT2D eigenvalue weighted by atomic mass is 10.0. The number of rotatable bonds is 7. The van der Waals surface area contributed by atoms with Crippen molar-refractivity contribution >= 4 is 11.9 Å². The SMILES string of the molecule is Cc1ccc(C(C)C)c(OCCNCc2ccccc2)c1.O=C(O)C(=O)O. The fraction of sp³-hybridized carbons (Fsp3) is 0.333. The molecule has 0 saturated heterocycles. The molecule has 0 atom stereocenters. The van der Waals surface area contributed by atoms with Crippen LogP contribution >= 0.6 is 0 Å². The topological polar surface area (TPSA) is 95.9 Å². The van der Waals surface area contributed by atoms with Crippen molar-refractivity contribution < 1.29 is 24.5 Å². The Kier molecular flexibility index (Phi) is 9.61. The van der Waals surface area contributed by atoms with Crippen molar-refractivity contribution in [2.75, 3.05) is 13.2 Å². The van der Waals surface area contributed by atoms with E-state index in [1.165, 1.54) is 16.7 Å². The van der Waals surface area contributed by atoms with Gasteiger partial charge in [0.1, 0.15) is 12.4 Å². The predicted molar refractivity (Wildman–Crippen MR) is 104 cm³/mol. The summed E-state index contributed by atoms with van der Waals surface area (Å²) in [6, 6.07) is 16.9. The minimum atomic E-state index is -1.82. The van der Waals surface area contributed by atoms with Crippen molar-refractivity contribution in [1.82, 2.24) is 5.32 Å². The van der Waals surface area contributed by atoms with Gasteiger partial charge in [-0.15, -0.1) is 0 Å². The molecule has 0 fully saturated rings. The molecule has 0 spiro atoms. The molecule has 0 unspecified atom stereocenters. The molecule has 2 aromatic carbocycles. The molecule has 0 amide bonds. The first-order valence-corrected chi connectivity index (χ1v) is 8.75. The summed E-state index contributed by atoms with van der Waals surface area (Å²) in [6.45, 7) is 8.92. The van der Waals surface area contributed by atoms with Crippen LogP contribution in [0.2, 0.25) is 0 Å². The molecule has 3 N–H and O–H groups in total. The molecule has 0 aliphatic rings. The van der Waals surface area contributed by atoms with Crippen LogP contribution in [0.15, 0.2) is 48.5 Å². The van der Waals surface area contributed by atoms with Crippen LogP contribution in [0.25, 0.3) is 0 Å². The zero-order valence-electron chi connectivity index (χ0n) is 15.9. The fourth-order valence-corrected chi connectivity index (χ4v) is 2.31. The van der Waals surface area contributed by atoms with E-state index < -0.39 is 11.9 Å². The lowest BCUT2D eigenvalue weighted by Gasteiger charge is -2.15.